The molecule has 0 unspecified atom stereocenters. The second-order valence-electron chi connectivity index (χ2n) is 9.06. The van der Waals surface area contributed by atoms with Gasteiger partial charge in [-0.25, -0.2) is 9.18 Å². The van der Waals surface area contributed by atoms with Gasteiger partial charge in [-0.2, -0.15) is 0 Å². The lowest BCUT2D eigenvalue weighted by Gasteiger charge is -2.29. The Labute approximate surface area is 178 Å². The molecular weight excluding hydrogens is 377 g/mol. The van der Waals surface area contributed by atoms with Gasteiger partial charge in [-0.3, -0.25) is 0 Å². The van der Waals surface area contributed by atoms with Gasteiger partial charge < -0.3 is 10.0 Å². The monoisotopic (exact) mass is 409 g/mol. The molecule has 2 aromatic carbocycles. The zero-order valence-electron chi connectivity index (χ0n) is 17.9. The molecule has 2 aliphatic rings. The lowest BCUT2D eigenvalue weighted by Crippen LogP contribution is -2.15. The van der Waals surface area contributed by atoms with E-state index < -0.39 is 11.8 Å². The Balaban J connectivity index is 1.71. The van der Waals surface area contributed by atoms with Crippen molar-refractivity contribution in [1.29, 1.82) is 0 Å². The normalized spacial score (nSPS) is 18.3. The van der Waals surface area contributed by atoms with Gasteiger partial charge in [0.2, 0.25) is 0 Å². The summed E-state index contributed by atoms with van der Waals surface area (Å²) in [6.45, 7) is 0. The average molecular weight is 410 g/mol. The molecule has 4 heteroatoms. The molecule has 160 valence electrons. The molecule has 30 heavy (non-hydrogen) atoms. The summed E-state index contributed by atoms with van der Waals surface area (Å²) in [6.07, 6.45) is 12.7. The fourth-order valence-corrected chi connectivity index (χ4v) is 5.25. The maximum absolute atomic E-state index is 14.8. The van der Waals surface area contributed by atoms with Gasteiger partial charge in [0.25, 0.3) is 0 Å². The molecule has 1 N–H and O–H groups in total. The van der Waals surface area contributed by atoms with Crippen molar-refractivity contribution in [2.75, 3.05) is 11.9 Å². The van der Waals surface area contributed by atoms with E-state index in [4.69, 9.17) is 5.11 Å². The molecule has 0 aromatic heterocycles. The van der Waals surface area contributed by atoms with E-state index in [0.29, 0.717) is 17.5 Å². The summed E-state index contributed by atoms with van der Waals surface area (Å²) >= 11 is 0. The van der Waals surface area contributed by atoms with Crippen LogP contribution in [0, 0.1) is 5.82 Å². The van der Waals surface area contributed by atoms with Crippen LogP contribution in [0.5, 0.6) is 0 Å². The van der Waals surface area contributed by atoms with E-state index in [1.165, 1.54) is 81.4 Å². The molecule has 2 fully saturated rings. The Morgan fingerprint density at radius 3 is 1.87 bits per heavy atom. The van der Waals surface area contributed by atoms with Crippen molar-refractivity contribution < 1.29 is 14.3 Å². The third-order valence-electron chi connectivity index (χ3n) is 7.06. The van der Waals surface area contributed by atoms with Crippen LogP contribution >= 0.6 is 0 Å². The van der Waals surface area contributed by atoms with Crippen molar-refractivity contribution in [2.24, 2.45) is 0 Å². The molecule has 2 aromatic rings. The number of hydrogen-bond acceptors (Lipinski definition) is 2. The van der Waals surface area contributed by atoms with Gasteiger partial charge in [-0.05, 0) is 79.0 Å². The van der Waals surface area contributed by atoms with E-state index in [0.717, 1.165) is 11.8 Å². The summed E-state index contributed by atoms with van der Waals surface area (Å²) in [5, 5.41) is 9.14. The number of carboxylic acids is 1. The van der Waals surface area contributed by atoms with Crippen LogP contribution in [0.1, 0.15) is 97.5 Å². The van der Waals surface area contributed by atoms with E-state index in [2.05, 4.69) is 18.2 Å². The van der Waals surface area contributed by atoms with Crippen molar-refractivity contribution in [3.63, 3.8) is 0 Å². The SMILES string of the molecule is CN(c1cc(C2CCCCC2)cc(C2CCCCC2)c1)c1ccc(C(=O)O)cc1F. The minimum Gasteiger partial charge on any atom is -0.478 e. The smallest absolute Gasteiger partial charge is 0.335 e. The van der Waals surface area contributed by atoms with Crippen LogP contribution in [0.15, 0.2) is 36.4 Å². The fourth-order valence-electron chi connectivity index (χ4n) is 5.25. The lowest BCUT2D eigenvalue weighted by molar-refractivity contribution is 0.0696. The molecule has 2 aliphatic carbocycles. The molecule has 4 rings (SSSR count). The molecule has 0 bridgehead atoms. The quantitative estimate of drug-likeness (QED) is 0.560. The highest BCUT2D eigenvalue weighted by Crippen LogP contribution is 2.40. The van der Waals surface area contributed by atoms with Gasteiger partial charge in [-0.1, -0.05) is 44.6 Å². The summed E-state index contributed by atoms with van der Waals surface area (Å²) in [4.78, 5) is 13.0. The molecule has 0 saturated heterocycles. The number of aromatic carboxylic acids is 1. The molecule has 0 spiro atoms. The van der Waals surface area contributed by atoms with Crippen LogP contribution in [0.2, 0.25) is 0 Å². The Morgan fingerprint density at radius 2 is 1.40 bits per heavy atom. The summed E-state index contributed by atoms with van der Waals surface area (Å²) in [5.74, 6) is -0.427. The predicted molar refractivity (Wildman–Crippen MR) is 120 cm³/mol. The van der Waals surface area contributed by atoms with Crippen molar-refractivity contribution >= 4 is 17.3 Å². The highest BCUT2D eigenvalue weighted by molar-refractivity contribution is 5.88. The fraction of sp³-hybridized carbons (Fsp3) is 0.500. The number of anilines is 2. The van der Waals surface area contributed by atoms with Gasteiger partial charge in [0, 0.05) is 12.7 Å². The summed E-state index contributed by atoms with van der Waals surface area (Å²) in [6, 6.07) is 11.0. The van der Waals surface area contributed by atoms with Crippen LogP contribution in [-0.4, -0.2) is 18.1 Å². The van der Waals surface area contributed by atoms with Gasteiger partial charge in [0.15, 0.2) is 0 Å². The first kappa shape index (κ1) is 20.9. The number of nitrogens with zero attached hydrogens (tertiary/aromatic N) is 1. The maximum atomic E-state index is 14.8. The van der Waals surface area contributed by atoms with Crippen LogP contribution in [0.3, 0.4) is 0 Å². The Hall–Kier alpha value is -2.36. The summed E-state index contributed by atoms with van der Waals surface area (Å²) in [7, 11) is 1.88. The zero-order chi connectivity index (χ0) is 21.1. The van der Waals surface area contributed by atoms with Crippen molar-refractivity contribution in [2.45, 2.75) is 76.0 Å². The largest absolute Gasteiger partial charge is 0.478 e. The van der Waals surface area contributed by atoms with Gasteiger partial charge in [-0.15, -0.1) is 0 Å². The first-order valence-corrected chi connectivity index (χ1v) is 11.4. The molecule has 0 amide bonds. The number of hydrogen-bond donors (Lipinski definition) is 1. The van der Waals surface area contributed by atoms with Crippen LogP contribution in [0.25, 0.3) is 0 Å². The van der Waals surface area contributed by atoms with Crippen LogP contribution in [-0.2, 0) is 0 Å². The second-order valence-corrected chi connectivity index (χ2v) is 9.06. The standard InChI is InChI=1S/C26H32FNO2/c1-28(25-13-12-20(26(29)30)17-24(25)27)23-15-21(18-8-4-2-5-9-18)14-22(16-23)19-10-6-3-7-11-19/h12-19H,2-11H2,1H3,(H,29,30). The Kier molecular flexibility index (Phi) is 6.40. The lowest BCUT2D eigenvalue weighted by atomic mass is 9.79. The van der Waals surface area contributed by atoms with Crippen LogP contribution < -0.4 is 4.90 Å². The van der Waals surface area contributed by atoms with E-state index >= 15 is 0 Å². The Morgan fingerprint density at radius 1 is 0.867 bits per heavy atom. The molecular formula is C26H32FNO2. The molecule has 0 aliphatic heterocycles. The highest BCUT2D eigenvalue weighted by Gasteiger charge is 2.22. The van der Waals surface area contributed by atoms with E-state index in [1.54, 1.807) is 6.07 Å². The number of carbonyl (C=O) groups is 1. The molecule has 2 saturated carbocycles. The Bertz CT molecular complexity index is 862. The molecule has 0 radical (unpaired) electrons. The van der Waals surface area contributed by atoms with Gasteiger partial charge in [0.05, 0.1) is 11.3 Å². The van der Waals surface area contributed by atoms with E-state index in [-0.39, 0.29) is 5.56 Å². The molecule has 0 heterocycles. The third kappa shape index (κ3) is 4.53. The van der Waals surface area contributed by atoms with Crippen molar-refractivity contribution in [3.05, 3.63) is 58.9 Å². The predicted octanol–water partition coefficient (Wildman–Crippen LogP) is 7.39. The maximum Gasteiger partial charge on any atom is 0.335 e. The minimum atomic E-state index is -1.11. The average Bonchev–Trinajstić information content (AvgIpc) is 2.79. The second kappa shape index (κ2) is 9.20. The van der Waals surface area contributed by atoms with Crippen molar-refractivity contribution in [3.8, 4) is 0 Å². The summed E-state index contributed by atoms with van der Waals surface area (Å²) in [5.41, 5.74) is 4.17. The molecule has 0 atom stereocenters. The molecule has 3 nitrogen and oxygen atoms in total. The number of rotatable bonds is 5. The first-order chi connectivity index (χ1) is 14.5. The van der Waals surface area contributed by atoms with E-state index in [1.807, 2.05) is 11.9 Å². The summed E-state index contributed by atoms with van der Waals surface area (Å²) < 4.78 is 14.8. The topological polar surface area (TPSA) is 40.5 Å². The van der Waals surface area contributed by atoms with Gasteiger partial charge in [0.1, 0.15) is 5.82 Å². The highest BCUT2D eigenvalue weighted by atomic mass is 19.1. The van der Waals surface area contributed by atoms with Gasteiger partial charge >= 0.3 is 5.97 Å². The third-order valence-corrected chi connectivity index (χ3v) is 7.06. The number of carboxylic acid groups (broad SMARTS) is 1. The van der Waals surface area contributed by atoms with Crippen molar-refractivity contribution in [1.82, 2.24) is 0 Å². The number of benzene rings is 2. The minimum absolute atomic E-state index is 0.0245. The zero-order valence-corrected chi connectivity index (χ0v) is 17.9. The van der Waals surface area contributed by atoms with Crippen LogP contribution in [0.4, 0.5) is 15.8 Å². The van der Waals surface area contributed by atoms with E-state index in [9.17, 15) is 9.18 Å². The first-order valence-electron chi connectivity index (χ1n) is 11.4. The number of halogens is 1.